The Kier molecular flexibility index (Phi) is 3.93. The molecule has 0 spiro atoms. The number of fused-ring (bicyclic) bond motifs is 2. The summed E-state index contributed by atoms with van der Waals surface area (Å²) in [7, 11) is 0. The van der Waals surface area contributed by atoms with Crippen molar-refractivity contribution >= 4 is 23.5 Å². The molecule has 1 aromatic heterocycles. The number of halogens is 1. The molecule has 2 saturated heterocycles. The van der Waals surface area contributed by atoms with E-state index in [0.29, 0.717) is 5.02 Å². The number of rotatable bonds is 1. The van der Waals surface area contributed by atoms with Gasteiger partial charge in [-0.05, 0) is 45.7 Å². The monoisotopic (exact) mass is 323 g/mol. The molecular formula is C16H22ClN3O2. The van der Waals surface area contributed by atoms with Crippen molar-refractivity contribution in [3.05, 3.63) is 23.4 Å². The van der Waals surface area contributed by atoms with Gasteiger partial charge in [0.15, 0.2) is 0 Å². The van der Waals surface area contributed by atoms with Crippen LogP contribution in [0.3, 0.4) is 0 Å². The molecule has 3 rings (SSSR count). The molecule has 3 heterocycles. The number of ether oxygens (including phenoxy) is 1. The molecule has 2 unspecified atom stereocenters. The van der Waals surface area contributed by atoms with E-state index in [4.69, 9.17) is 16.3 Å². The molecule has 2 fully saturated rings. The molecule has 1 amide bonds. The number of hydrogen-bond acceptors (Lipinski definition) is 4. The van der Waals surface area contributed by atoms with Gasteiger partial charge in [-0.1, -0.05) is 11.6 Å². The average molecular weight is 324 g/mol. The highest BCUT2D eigenvalue weighted by molar-refractivity contribution is 6.32. The smallest absolute Gasteiger partial charge is 0.410 e. The lowest BCUT2D eigenvalue weighted by molar-refractivity contribution is 0.0123. The zero-order chi connectivity index (χ0) is 15.9. The summed E-state index contributed by atoms with van der Waals surface area (Å²) in [6.45, 7) is 7.21. The molecule has 6 heteroatoms. The first-order chi connectivity index (χ1) is 10.3. The number of nitrogens with zero attached hydrogens (tertiary/aromatic N) is 3. The predicted molar refractivity (Wildman–Crippen MR) is 86.3 cm³/mol. The summed E-state index contributed by atoms with van der Waals surface area (Å²) in [5.41, 5.74) is -0.460. The van der Waals surface area contributed by atoms with Crippen LogP contribution in [0.4, 0.5) is 10.6 Å². The van der Waals surface area contributed by atoms with Crippen LogP contribution in [0, 0.1) is 0 Å². The van der Waals surface area contributed by atoms with Crippen LogP contribution < -0.4 is 4.90 Å². The summed E-state index contributed by atoms with van der Waals surface area (Å²) in [4.78, 5) is 20.9. The Hall–Kier alpha value is -1.49. The van der Waals surface area contributed by atoms with Crippen molar-refractivity contribution in [3.8, 4) is 0 Å². The Morgan fingerprint density at radius 1 is 1.32 bits per heavy atom. The summed E-state index contributed by atoms with van der Waals surface area (Å²) in [6.07, 6.45) is 3.56. The number of amides is 1. The minimum atomic E-state index is -0.460. The maximum Gasteiger partial charge on any atom is 0.410 e. The lowest BCUT2D eigenvalue weighted by Crippen LogP contribution is -2.57. The van der Waals surface area contributed by atoms with E-state index in [-0.39, 0.29) is 18.2 Å². The second-order valence-corrected chi connectivity index (χ2v) is 7.39. The third-order valence-corrected chi connectivity index (χ3v) is 4.42. The third-order valence-electron chi connectivity index (χ3n) is 4.13. The van der Waals surface area contributed by atoms with E-state index in [2.05, 4.69) is 9.88 Å². The molecule has 120 valence electrons. The predicted octanol–water partition coefficient (Wildman–Crippen LogP) is 3.32. The van der Waals surface area contributed by atoms with Crippen molar-refractivity contribution in [2.75, 3.05) is 18.0 Å². The molecule has 0 N–H and O–H groups in total. The Morgan fingerprint density at radius 2 is 1.95 bits per heavy atom. The Labute approximate surface area is 136 Å². The van der Waals surface area contributed by atoms with E-state index < -0.39 is 5.60 Å². The molecule has 2 aliphatic rings. The number of anilines is 1. The number of carbonyl (C=O) groups is 1. The summed E-state index contributed by atoms with van der Waals surface area (Å²) < 4.78 is 5.55. The van der Waals surface area contributed by atoms with Crippen molar-refractivity contribution < 1.29 is 9.53 Å². The molecule has 2 aliphatic heterocycles. The maximum atomic E-state index is 12.4. The maximum absolute atomic E-state index is 12.4. The second kappa shape index (κ2) is 5.61. The third kappa shape index (κ3) is 3.00. The van der Waals surface area contributed by atoms with Crippen molar-refractivity contribution in [1.82, 2.24) is 9.88 Å². The highest BCUT2D eigenvalue weighted by Crippen LogP contribution is 2.35. The van der Waals surface area contributed by atoms with Gasteiger partial charge >= 0.3 is 6.09 Å². The number of hydrogen-bond donors (Lipinski definition) is 0. The van der Waals surface area contributed by atoms with Crippen molar-refractivity contribution in [1.29, 1.82) is 0 Å². The lowest BCUT2D eigenvalue weighted by atomic mass is 10.2. The molecule has 22 heavy (non-hydrogen) atoms. The van der Waals surface area contributed by atoms with Crippen molar-refractivity contribution in [2.45, 2.75) is 51.3 Å². The van der Waals surface area contributed by atoms with Gasteiger partial charge in [-0.2, -0.15) is 0 Å². The normalized spacial score (nSPS) is 24.5. The van der Waals surface area contributed by atoms with Crippen LogP contribution in [0.1, 0.15) is 33.6 Å². The van der Waals surface area contributed by atoms with Crippen LogP contribution in [-0.4, -0.2) is 46.8 Å². The minimum absolute atomic E-state index is 0.173. The fraction of sp³-hybridized carbons (Fsp3) is 0.625. The van der Waals surface area contributed by atoms with E-state index in [1.165, 1.54) is 0 Å². The Morgan fingerprint density at radius 3 is 2.50 bits per heavy atom. The standard InChI is InChI=1S/C16H22ClN3O2/c1-16(2,3)22-15(21)20-11-6-7-12(20)10-19(9-11)14-13(17)5-4-8-18-14/h4-5,8,11-12H,6-7,9-10H2,1-3H3. The van der Waals surface area contributed by atoms with Crippen LogP contribution in [0.5, 0.6) is 0 Å². The molecule has 2 atom stereocenters. The topological polar surface area (TPSA) is 45.7 Å². The van der Waals surface area contributed by atoms with Crippen molar-refractivity contribution in [3.63, 3.8) is 0 Å². The molecule has 0 aromatic carbocycles. The van der Waals surface area contributed by atoms with Gasteiger partial charge in [-0.25, -0.2) is 9.78 Å². The first kappa shape index (κ1) is 15.4. The van der Waals surface area contributed by atoms with E-state index in [9.17, 15) is 4.79 Å². The molecule has 0 aliphatic carbocycles. The lowest BCUT2D eigenvalue weighted by Gasteiger charge is -2.41. The number of aromatic nitrogens is 1. The summed E-state index contributed by atoms with van der Waals surface area (Å²) in [5.74, 6) is 0.810. The van der Waals surface area contributed by atoms with Gasteiger partial charge in [0.2, 0.25) is 0 Å². The van der Waals surface area contributed by atoms with Crippen LogP contribution in [0.2, 0.25) is 5.02 Å². The highest BCUT2D eigenvalue weighted by atomic mass is 35.5. The Bertz CT molecular complexity index is 559. The quantitative estimate of drug-likeness (QED) is 0.795. The van der Waals surface area contributed by atoms with Crippen LogP contribution in [0.15, 0.2) is 18.3 Å². The SMILES string of the molecule is CC(C)(C)OC(=O)N1C2CCC1CN(c1ncccc1Cl)C2. The van der Waals surface area contributed by atoms with Gasteiger partial charge in [0.1, 0.15) is 11.4 Å². The second-order valence-electron chi connectivity index (χ2n) is 6.99. The number of pyridine rings is 1. The first-order valence-electron chi connectivity index (χ1n) is 7.72. The largest absolute Gasteiger partial charge is 0.444 e. The molecular weight excluding hydrogens is 302 g/mol. The van der Waals surface area contributed by atoms with E-state index >= 15 is 0 Å². The summed E-state index contributed by atoms with van der Waals surface area (Å²) in [5, 5.41) is 0.660. The fourth-order valence-corrected chi connectivity index (χ4v) is 3.54. The van der Waals surface area contributed by atoms with Gasteiger partial charge in [0.05, 0.1) is 17.1 Å². The van der Waals surface area contributed by atoms with Crippen LogP contribution in [-0.2, 0) is 4.74 Å². The van der Waals surface area contributed by atoms with E-state index in [1.54, 1.807) is 6.20 Å². The molecule has 2 bridgehead atoms. The van der Waals surface area contributed by atoms with E-state index in [1.807, 2.05) is 37.8 Å². The molecule has 5 nitrogen and oxygen atoms in total. The minimum Gasteiger partial charge on any atom is -0.444 e. The Balaban J connectivity index is 1.74. The van der Waals surface area contributed by atoms with E-state index in [0.717, 1.165) is 31.7 Å². The van der Waals surface area contributed by atoms with Crippen LogP contribution in [0.25, 0.3) is 0 Å². The van der Waals surface area contributed by atoms with Gasteiger partial charge < -0.3 is 9.64 Å². The molecule has 0 radical (unpaired) electrons. The molecule has 1 aromatic rings. The summed E-state index contributed by atoms with van der Waals surface area (Å²) >= 11 is 6.25. The van der Waals surface area contributed by atoms with Gasteiger partial charge in [0, 0.05) is 19.3 Å². The first-order valence-corrected chi connectivity index (χ1v) is 8.10. The van der Waals surface area contributed by atoms with Gasteiger partial charge in [-0.15, -0.1) is 0 Å². The average Bonchev–Trinajstić information content (AvgIpc) is 2.68. The number of carbonyl (C=O) groups excluding carboxylic acids is 1. The summed E-state index contributed by atoms with van der Waals surface area (Å²) in [6, 6.07) is 4.03. The fourth-order valence-electron chi connectivity index (χ4n) is 3.30. The van der Waals surface area contributed by atoms with Crippen LogP contribution >= 0.6 is 11.6 Å². The molecule has 0 saturated carbocycles. The van der Waals surface area contributed by atoms with Gasteiger partial charge in [0.25, 0.3) is 0 Å². The van der Waals surface area contributed by atoms with Gasteiger partial charge in [-0.3, -0.25) is 4.90 Å². The zero-order valence-electron chi connectivity index (χ0n) is 13.3. The number of piperazine rings is 1. The highest BCUT2D eigenvalue weighted by Gasteiger charge is 2.44. The zero-order valence-corrected chi connectivity index (χ0v) is 14.0. The van der Waals surface area contributed by atoms with Crippen molar-refractivity contribution in [2.24, 2.45) is 0 Å².